The molecule has 0 atom stereocenters. The summed E-state index contributed by atoms with van der Waals surface area (Å²) in [5, 5.41) is 10.5. The van der Waals surface area contributed by atoms with Gasteiger partial charge in [0.05, 0.1) is 25.6 Å². The number of esters is 1. The third kappa shape index (κ3) is 3.31. The zero-order valence-corrected chi connectivity index (χ0v) is 10.7. The Morgan fingerprint density at radius 1 is 1.53 bits per heavy atom. The largest absolute Gasteiger partial charge is 0.469 e. The molecular weight excluding hydrogens is 252 g/mol. The number of carbonyl (C=O) groups excluding carboxylic acids is 1. The average Bonchev–Trinajstić information content (AvgIpc) is 2.87. The molecule has 19 heavy (non-hydrogen) atoms. The molecule has 1 aromatic heterocycles. The van der Waals surface area contributed by atoms with Crippen molar-refractivity contribution in [2.45, 2.75) is 19.4 Å². The Morgan fingerprint density at radius 3 is 2.74 bits per heavy atom. The number of carbonyl (C=O) groups is 1. The summed E-state index contributed by atoms with van der Waals surface area (Å²) in [4.78, 5) is 23.4. The van der Waals surface area contributed by atoms with Gasteiger partial charge in [0.2, 0.25) is 0 Å². The Balaban J connectivity index is 1.85. The summed E-state index contributed by atoms with van der Waals surface area (Å²) < 4.78 is 9.83. The van der Waals surface area contributed by atoms with E-state index in [-0.39, 0.29) is 17.8 Å². The molecule has 1 aliphatic heterocycles. The third-order valence-corrected chi connectivity index (χ3v) is 3.33. The fourth-order valence-electron chi connectivity index (χ4n) is 2.26. The molecule has 0 aromatic carbocycles. The molecule has 2 rings (SSSR count). The van der Waals surface area contributed by atoms with Crippen LogP contribution < -0.4 is 0 Å². The van der Waals surface area contributed by atoms with Crippen molar-refractivity contribution in [3.8, 4) is 0 Å². The molecule has 0 aliphatic carbocycles. The van der Waals surface area contributed by atoms with Crippen molar-refractivity contribution in [3.05, 3.63) is 28.0 Å². The van der Waals surface area contributed by atoms with Gasteiger partial charge in [-0.15, -0.1) is 0 Å². The number of hydrogen-bond acceptors (Lipinski definition) is 6. The maximum Gasteiger partial charge on any atom is 0.433 e. The van der Waals surface area contributed by atoms with Gasteiger partial charge in [-0.3, -0.25) is 19.8 Å². The van der Waals surface area contributed by atoms with Crippen LogP contribution in [0.2, 0.25) is 0 Å². The van der Waals surface area contributed by atoms with Crippen molar-refractivity contribution in [3.63, 3.8) is 0 Å². The molecular formula is C12H16N2O5. The lowest BCUT2D eigenvalue weighted by Crippen LogP contribution is -2.36. The molecule has 7 heteroatoms. The van der Waals surface area contributed by atoms with Gasteiger partial charge in [0.15, 0.2) is 0 Å². The minimum Gasteiger partial charge on any atom is -0.469 e. The van der Waals surface area contributed by atoms with Crippen molar-refractivity contribution in [1.29, 1.82) is 0 Å². The fourth-order valence-corrected chi connectivity index (χ4v) is 2.26. The number of furan rings is 1. The number of nitrogens with zero attached hydrogens (tertiary/aromatic N) is 2. The molecule has 1 aromatic rings. The van der Waals surface area contributed by atoms with Crippen molar-refractivity contribution in [1.82, 2.24) is 4.90 Å². The van der Waals surface area contributed by atoms with Crippen molar-refractivity contribution < 1.29 is 18.9 Å². The Labute approximate surface area is 110 Å². The lowest BCUT2D eigenvalue weighted by molar-refractivity contribution is -0.402. The summed E-state index contributed by atoms with van der Waals surface area (Å²) in [6.45, 7) is 2.05. The summed E-state index contributed by atoms with van der Waals surface area (Å²) in [6, 6.07) is 2.97. The molecule has 0 saturated carbocycles. The summed E-state index contributed by atoms with van der Waals surface area (Å²) >= 11 is 0. The predicted molar refractivity (Wildman–Crippen MR) is 65.4 cm³/mol. The van der Waals surface area contributed by atoms with Gasteiger partial charge >= 0.3 is 11.9 Å². The minimum atomic E-state index is -0.549. The van der Waals surface area contributed by atoms with Crippen LogP contribution in [0.1, 0.15) is 18.6 Å². The van der Waals surface area contributed by atoms with Gasteiger partial charge in [0.1, 0.15) is 10.7 Å². The van der Waals surface area contributed by atoms with Crippen molar-refractivity contribution in [2.75, 3.05) is 20.2 Å². The molecule has 0 unspecified atom stereocenters. The normalized spacial score (nSPS) is 17.3. The maximum absolute atomic E-state index is 11.4. The highest BCUT2D eigenvalue weighted by Crippen LogP contribution is 2.22. The van der Waals surface area contributed by atoms with E-state index in [4.69, 9.17) is 9.15 Å². The summed E-state index contributed by atoms with van der Waals surface area (Å²) in [5.74, 6) is 0.142. The van der Waals surface area contributed by atoms with Crippen LogP contribution in [0, 0.1) is 16.0 Å². The molecule has 0 bridgehead atoms. The number of methoxy groups -OCH3 is 1. The van der Waals surface area contributed by atoms with Crippen LogP contribution >= 0.6 is 0 Å². The Bertz CT molecular complexity index is 462. The van der Waals surface area contributed by atoms with Crippen LogP contribution in [0.3, 0.4) is 0 Å². The quantitative estimate of drug-likeness (QED) is 0.468. The smallest absolute Gasteiger partial charge is 0.433 e. The van der Waals surface area contributed by atoms with Crippen LogP contribution in [-0.2, 0) is 16.1 Å². The molecule has 2 heterocycles. The predicted octanol–water partition coefficient (Wildman–Crippen LogP) is 1.57. The van der Waals surface area contributed by atoms with E-state index in [2.05, 4.69) is 4.90 Å². The molecule has 0 radical (unpaired) electrons. The SMILES string of the molecule is COC(=O)C1CCN(Cc2ccc([N+](=O)[O-])o2)CC1. The Kier molecular flexibility index (Phi) is 4.16. The number of rotatable bonds is 4. The second kappa shape index (κ2) is 5.83. The van der Waals surface area contributed by atoms with E-state index < -0.39 is 4.92 Å². The van der Waals surface area contributed by atoms with E-state index in [0.29, 0.717) is 12.3 Å². The highest BCUT2D eigenvalue weighted by atomic mass is 16.6. The van der Waals surface area contributed by atoms with Gasteiger partial charge < -0.3 is 9.15 Å². The highest BCUT2D eigenvalue weighted by molar-refractivity contribution is 5.72. The summed E-state index contributed by atoms with van der Waals surface area (Å²) in [7, 11) is 1.40. The fraction of sp³-hybridized carbons (Fsp3) is 0.583. The number of likely N-dealkylation sites (tertiary alicyclic amines) is 1. The molecule has 1 aliphatic rings. The van der Waals surface area contributed by atoms with E-state index in [9.17, 15) is 14.9 Å². The van der Waals surface area contributed by atoms with E-state index in [1.165, 1.54) is 13.2 Å². The molecule has 104 valence electrons. The van der Waals surface area contributed by atoms with Gasteiger partial charge in [0.25, 0.3) is 0 Å². The monoisotopic (exact) mass is 268 g/mol. The van der Waals surface area contributed by atoms with Crippen molar-refractivity contribution >= 4 is 11.9 Å². The average molecular weight is 268 g/mol. The molecule has 1 saturated heterocycles. The van der Waals surface area contributed by atoms with Gasteiger partial charge in [-0.25, -0.2) is 0 Å². The second-order valence-corrected chi connectivity index (χ2v) is 4.57. The Hall–Kier alpha value is -1.89. The number of piperidine rings is 1. The van der Waals surface area contributed by atoms with Gasteiger partial charge in [-0.2, -0.15) is 0 Å². The number of nitro groups is 1. The third-order valence-electron chi connectivity index (χ3n) is 3.33. The summed E-state index contributed by atoms with van der Waals surface area (Å²) in [5.41, 5.74) is 0. The van der Waals surface area contributed by atoms with Crippen LogP contribution in [0.4, 0.5) is 5.88 Å². The minimum absolute atomic E-state index is 0.0350. The zero-order valence-electron chi connectivity index (χ0n) is 10.7. The van der Waals surface area contributed by atoms with Crippen LogP contribution in [-0.4, -0.2) is 36.0 Å². The zero-order chi connectivity index (χ0) is 13.8. The van der Waals surface area contributed by atoms with Crippen LogP contribution in [0.5, 0.6) is 0 Å². The molecule has 0 amide bonds. The second-order valence-electron chi connectivity index (χ2n) is 4.57. The topological polar surface area (TPSA) is 85.8 Å². The van der Waals surface area contributed by atoms with Crippen LogP contribution in [0.25, 0.3) is 0 Å². The first-order valence-corrected chi connectivity index (χ1v) is 6.13. The first-order valence-electron chi connectivity index (χ1n) is 6.13. The maximum atomic E-state index is 11.4. The van der Waals surface area contributed by atoms with Crippen molar-refractivity contribution in [2.24, 2.45) is 5.92 Å². The van der Waals surface area contributed by atoms with Crippen LogP contribution in [0.15, 0.2) is 16.5 Å². The standard InChI is InChI=1S/C12H16N2O5/c1-18-12(15)9-4-6-13(7-5-9)8-10-2-3-11(19-10)14(16)17/h2-3,9H,4-8H2,1H3. The van der Waals surface area contributed by atoms with E-state index in [1.54, 1.807) is 6.07 Å². The molecule has 7 nitrogen and oxygen atoms in total. The molecule has 1 fully saturated rings. The Morgan fingerprint density at radius 2 is 2.21 bits per heavy atom. The highest BCUT2D eigenvalue weighted by Gasteiger charge is 2.26. The summed E-state index contributed by atoms with van der Waals surface area (Å²) in [6.07, 6.45) is 1.49. The molecule has 0 spiro atoms. The van der Waals surface area contributed by atoms with E-state index >= 15 is 0 Å². The van der Waals surface area contributed by atoms with Gasteiger partial charge in [-0.1, -0.05) is 0 Å². The van der Waals surface area contributed by atoms with E-state index in [1.807, 2.05) is 0 Å². The van der Waals surface area contributed by atoms with Gasteiger partial charge in [0, 0.05) is 0 Å². The lowest BCUT2D eigenvalue weighted by Gasteiger charge is -2.29. The molecule has 0 N–H and O–H groups in total. The first-order chi connectivity index (χ1) is 9.10. The van der Waals surface area contributed by atoms with Gasteiger partial charge in [-0.05, 0) is 32.0 Å². The van der Waals surface area contributed by atoms with E-state index in [0.717, 1.165) is 25.9 Å². The number of hydrogen-bond donors (Lipinski definition) is 0. The lowest BCUT2D eigenvalue weighted by atomic mass is 9.97. The number of ether oxygens (including phenoxy) is 1. The first kappa shape index (κ1) is 13.5.